The van der Waals surface area contributed by atoms with Gasteiger partial charge in [0.1, 0.15) is 18.1 Å². The molecule has 0 aliphatic heterocycles. The number of halogens is 1. The summed E-state index contributed by atoms with van der Waals surface area (Å²) in [5, 5.41) is 5.46. The second kappa shape index (κ2) is 9.75. The molecule has 1 heterocycles. The number of hydrogen-bond acceptors (Lipinski definition) is 5. The number of rotatable bonds is 7. The zero-order chi connectivity index (χ0) is 17.6. The van der Waals surface area contributed by atoms with E-state index >= 15 is 0 Å². The Hall–Kier alpha value is -1.63. The Morgan fingerprint density at radius 2 is 2.12 bits per heavy atom. The smallest absolute Gasteiger partial charge is 0.270 e. The standard InChI is InChI=1S/C18H25N3O2S.ClH/c1-18(2,3)13-5-4-6-14(11-13)23-10-9-20-17(22)15-12-24-16(21-15)7-8-19;/h4-6,11-12H,7-10,19H2,1-3H3,(H,20,22);1H. The lowest BCUT2D eigenvalue weighted by Crippen LogP contribution is -2.28. The number of nitrogens with one attached hydrogen (secondary N) is 1. The summed E-state index contributed by atoms with van der Waals surface area (Å²) in [4.78, 5) is 16.3. The second-order valence-corrected chi connectivity index (χ2v) is 7.49. The number of benzene rings is 1. The van der Waals surface area contributed by atoms with Crippen LogP contribution in [-0.2, 0) is 11.8 Å². The van der Waals surface area contributed by atoms with E-state index in [0.29, 0.717) is 31.8 Å². The largest absolute Gasteiger partial charge is 0.492 e. The maximum atomic E-state index is 12.0. The monoisotopic (exact) mass is 383 g/mol. The van der Waals surface area contributed by atoms with Gasteiger partial charge < -0.3 is 15.8 Å². The number of hydrogen-bond donors (Lipinski definition) is 2. The van der Waals surface area contributed by atoms with Crippen LogP contribution in [-0.4, -0.2) is 30.6 Å². The molecule has 0 bridgehead atoms. The predicted octanol–water partition coefficient (Wildman–Crippen LogP) is 3.17. The van der Waals surface area contributed by atoms with Crippen molar-refractivity contribution >= 4 is 29.7 Å². The fourth-order valence-corrected chi connectivity index (χ4v) is 2.92. The van der Waals surface area contributed by atoms with E-state index in [1.165, 1.54) is 16.9 Å². The molecule has 138 valence electrons. The van der Waals surface area contributed by atoms with E-state index in [0.717, 1.165) is 10.8 Å². The molecule has 0 fully saturated rings. The zero-order valence-corrected chi connectivity index (χ0v) is 16.5. The van der Waals surface area contributed by atoms with E-state index in [9.17, 15) is 4.79 Å². The molecule has 5 nitrogen and oxygen atoms in total. The molecule has 1 aromatic heterocycles. The van der Waals surface area contributed by atoms with Gasteiger partial charge in [0.25, 0.3) is 5.91 Å². The van der Waals surface area contributed by atoms with E-state index in [-0.39, 0.29) is 23.7 Å². The van der Waals surface area contributed by atoms with Crippen molar-refractivity contribution < 1.29 is 9.53 Å². The van der Waals surface area contributed by atoms with Gasteiger partial charge in [0.15, 0.2) is 0 Å². The number of amides is 1. The lowest BCUT2D eigenvalue weighted by atomic mass is 9.87. The van der Waals surface area contributed by atoms with Crippen molar-refractivity contribution in [3.8, 4) is 5.75 Å². The van der Waals surface area contributed by atoms with Gasteiger partial charge in [0.05, 0.1) is 11.6 Å². The number of ether oxygens (including phenoxy) is 1. The molecule has 1 amide bonds. The van der Waals surface area contributed by atoms with E-state index in [1.54, 1.807) is 5.38 Å². The molecule has 0 spiro atoms. The average molecular weight is 384 g/mol. The van der Waals surface area contributed by atoms with Crippen LogP contribution >= 0.6 is 23.7 Å². The van der Waals surface area contributed by atoms with Gasteiger partial charge >= 0.3 is 0 Å². The van der Waals surface area contributed by atoms with Crippen LogP contribution in [0.5, 0.6) is 5.75 Å². The Bertz CT molecular complexity index is 683. The summed E-state index contributed by atoms with van der Waals surface area (Å²) in [6.45, 7) is 7.88. The minimum atomic E-state index is -0.179. The molecule has 0 radical (unpaired) electrons. The quantitative estimate of drug-likeness (QED) is 0.720. The SMILES string of the molecule is CC(C)(C)c1cccc(OCCNC(=O)c2csc(CCN)n2)c1.Cl. The summed E-state index contributed by atoms with van der Waals surface area (Å²) in [5.74, 6) is 0.636. The van der Waals surface area contributed by atoms with Crippen molar-refractivity contribution in [1.82, 2.24) is 10.3 Å². The summed E-state index contributed by atoms with van der Waals surface area (Å²) in [7, 11) is 0. The van der Waals surface area contributed by atoms with Crippen molar-refractivity contribution in [3.63, 3.8) is 0 Å². The van der Waals surface area contributed by atoms with Crippen LogP contribution in [0.25, 0.3) is 0 Å². The maximum Gasteiger partial charge on any atom is 0.270 e. The van der Waals surface area contributed by atoms with E-state index in [2.05, 4.69) is 37.1 Å². The van der Waals surface area contributed by atoms with Crippen LogP contribution in [0.2, 0.25) is 0 Å². The van der Waals surface area contributed by atoms with Crippen LogP contribution in [0.15, 0.2) is 29.6 Å². The third-order valence-corrected chi connectivity index (χ3v) is 4.41. The Balaban J connectivity index is 0.00000312. The summed E-state index contributed by atoms with van der Waals surface area (Å²) < 4.78 is 5.72. The Labute approximate surface area is 159 Å². The van der Waals surface area contributed by atoms with Gasteiger partial charge in [0.2, 0.25) is 0 Å². The lowest BCUT2D eigenvalue weighted by molar-refractivity contribution is 0.0942. The average Bonchev–Trinajstić information content (AvgIpc) is 3.00. The lowest BCUT2D eigenvalue weighted by Gasteiger charge is -2.19. The number of aromatic nitrogens is 1. The molecule has 0 aliphatic carbocycles. The summed E-state index contributed by atoms with van der Waals surface area (Å²) >= 11 is 1.46. The molecule has 7 heteroatoms. The molecular weight excluding hydrogens is 358 g/mol. The van der Waals surface area contributed by atoms with Crippen LogP contribution in [0.4, 0.5) is 0 Å². The summed E-state index contributed by atoms with van der Waals surface area (Å²) in [6, 6.07) is 8.05. The molecule has 0 unspecified atom stereocenters. The second-order valence-electron chi connectivity index (χ2n) is 6.55. The van der Waals surface area contributed by atoms with Crippen LogP contribution < -0.4 is 15.8 Å². The van der Waals surface area contributed by atoms with Crippen molar-refractivity contribution in [2.24, 2.45) is 5.73 Å². The first-order valence-electron chi connectivity index (χ1n) is 8.06. The molecule has 2 aromatic rings. The molecule has 0 atom stereocenters. The predicted molar refractivity (Wildman–Crippen MR) is 105 cm³/mol. The van der Waals surface area contributed by atoms with E-state index < -0.39 is 0 Å². The fourth-order valence-electron chi connectivity index (χ4n) is 2.13. The topological polar surface area (TPSA) is 77.2 Å². The number of carbonyl (C=O) groups excluding carboxylic acids is 1. The Morgan fingerprint density at radius 1 is 1.36 bits per heavy atom. The third-order valence-electron chi connectivity index (χ3n) is 3.50. The van der Waals surface area contributed by atoms with Crippen molar-refractivity contribution in [3.05, 3.63) is 45.9 Å². The van der Waals surface area contributed by atoms with Gasteiger partial charge in [-0.25, -0.2) is 4.98 Å². The van der Waals surface area contributed by atoms with E-state index in [1.807, 2.05) is 18.2 Å². The minimum absolute atomic E-state index is 0. The minimum Gasteiger partial charge on any atom is -0.492 e. The molecule has 2 rings (SSSR count). The molecule has 0 aliphatic rings. The first-order chi connectivity index (χ1) is 11.4. The normalized spacial score (nSPS) is 10.9. The number of thiazole rings is 1. The highest BCUT2D eigenvalue weighted by Gasteiger charge is 2.14. The van der Waals surface area contributed by atoms with Gasteiger partial charge in [0, 0.05) is 11.8 Å². The van der Waals surface area contributed by atoms with Gasteiger partial charge in [-0.05, 0) is 29.7 Å². The first kappa shape index (κ1) is 21.4. The highest BCUT2D eigenvalue weighted by Crippen LogP contribution is 2.25. The summed E-state index contributed by atoms with van der Waals surface area (Å²) in [6.07, 6.45) is 0.700. The van der Waals surface area contributed by atoms with E-state index in [4.69, 9.17) is 10.5 Å². The Kier molecular flexibility index (Phi) is 8.35. The zero-order valence-electron chi connectivity index (χ0n) is 14.9. The van der Waals surface area contributed by atoms with Gasteiger partial charge in [-0.1, -0.05) is 32.9 Å². The third kappa shape index (κ3) is 6.65. The molecule has 1 aromatic carbocycles. The molecule has 3 N–H and O–H groups in total. The number of carbonyl (C=O) groups is 1. The maximum absolute atomic E-state index is 12.0. The van der Waals surface area contributed by atoms with Crippen LogP contribution in [0, 0.1) is 0 Å². The van der Waals surface area contributed by atoms with Crippen molar-refractivity contribution in [2.75, 3.05) is 19.7 Å². The number of nitrogens with zero attached hydrogens (tertiary/aromatic N) is 1. The molecular formula is C18H26ClN3O2S. The summed E-state index contributed by atoms with van der Waals surface area (Å²) in [5.41, 5.74) is 7.23. The molecule has 0 saturated heterocycles. The van der Waals surface area contributed by atoms with Crippen molar-refractivity contribution in [2.45, 2.75) is 32.6 Å². The Morgan fingerprint density at radius 3 is 2.80 bits per heavy atom. The number of nitrogens with two attached hydrogens (primary N) is 1. The van der Waals surface area contributed by atoms with Gasteiger partial charge in [-0.2, -0.15) is 0 Å². The van der Waals surface area contributed by atoms with Crippen molar-refractivity contribution in [1.29, 1.82) is 0 Å². The van der Waals surface area contributed by atoms with Crippen LogP contribution in [0.1, 0.15) is 41.8 Å². The first-order valence-corrected chi connectivity index (χ1v) is 8.94. The highest BCUT2D eigenvalue weighted by molar-refractivity contribution is 7.09. The van der Waals surface area contributed by atoms with Crippen LogP contribution in [0.3, 0.4) is 0 Å². The van der Waals surface area contributed by atoms with Gasteiger partial charge in [-0.15, -0.1) is 23.7 Å². The highest BCUT2D eigenvalue weighted by atomic mass is 35.5. The van der Waals surface area contributed by atoms with Gasteiger partial charge in [-0.3, -0.25) is 4.79 Å². The fraction of sp³-hybridized carbons (Fsp3) is 0.444. The molecule has 25 heavy (non-hydrogen) atoms. The molecule has 0 saturated carbocycles.